The number of rotatable bonds is 0. The number of imidazole rings is 2. The van der Waals surface area contributed by atoms with Crippen molar-refractivity contribution in [2.75, 3.05) is 0 Å². The zero-order valence-electron chi connectivity index (χ0n) is 23.7. The van der Waals surface area contributed by atoms with E-state index in [0.717, 1.165) is 87.1 Å². The average molecular weight is 565 g/mol. The molecule has 0 saturated carbocycles. The molecule has 4 aromatic heterocycles. The van der Waals surface area contributed by atoms with E-state index >= 15 is 0 Å². The van der Waals surface area contributed by atoms with Crippen molar-refractivity contribution in [2.45, 2.75) is 13.8 Å². The summed E-state index contributed by atoms with van der Waals surface area (Å²) >= 11 is 0. The maximum absolute atomic E-state index is 14.1. The van der Waals surface area contributed by atoms with Gasteiger partial charge in [-0.05, 0) is 106 Å². The highest BCUT2D eigenvalue weighted by Crippen LogP contribution is 2.45. The normalized spacial score (nSPS) is 13.0. The summed E-state index contributed by atoms with van der Waals surface area (Å²) in [7, 11) is 0. The molecule has 6 heteroatoms. The summed E-state index contributed by atoms with van der Waals surface area (Å²) in [6.45, 7) is 4.06. The van der Waals surface area contributed by atoms with Gasteiger partial charge in [0.05, 0.1) is 22.1 Å². The molecule has 44 heavy (non-hydrogen) atoms. The van der Waals surface area contributed by atoms with Gasteiger partial charge in [-0.2, -0.15) is 0 Å². The third-order valence-corrected chi connectivity index (χ3v) is 9.87. The second-order valence-electron chi connectivity index (χ2n) is 12.3. The Morgan fingerprint density at radius 2 is 0.773 bits per heavy atom. The average Bonchev–Trinajstić information content (AvgIpc) is 3.60. The number of hydrogen-bond donors (Lipinski definition) is 0. The first-order chi connectivity index (χ1) is 21.5. The Kier molecular flexibility index (Phi) is 3.70. The second kappa shape index (κ2) is 7.18. The SMILES string of the molecule is Cc1ccc2nc3c4ccc5c6ccc7c(=O)n8c9cc(C)ccc9nc8c8ccc(c9ccc(c(=O)n3c2c1)c4c95)c6c78. The van der Waals surface area contributed by atoms with Gasteiger partial charge < -0.3 is 0 Å². The summed E-state index contributed by atoms with van der Waals surface area (Å²) in [5, 5.41) is 11.5. The van der Waals surface area contributed by atoms with Gasteiger partial charge in [-0.25, -0.2) is 9.97 Å². The van der Waals surface area contributed by atoms with E-state index in [4.69, 9.17) is 9.97 Å². The Morgan fingerprint density at radius 1 is 0.432 bits per heavy atom. The van der Waals surface area contributed by atoms with E-state index in [2.05, 4.69) is 36.4 Å². The number of benzene rings is 7. The first-order valence-electron chi connectivity index (χ1n) is 14.8. The Balaban J connectivity index is 1.38. The second-order valence-corrected chi connectivity index (χ2v) is 12.3. The highest BCUT2D eigenvalue weighted by Gasteiger charge is 2.23. The summed E-state index contributed by atoms with van der Waals surface area (Å²) in [4.78, 5) is 38.1. The molecule has 0 saturated heterocycles. The lowest BCUT2D eigenvalue weighted by molar-refractivity contribution is 1.19. The van der Waals surface area contributed by atoms with Gasteiger partial charge in [0.25, 0.3) is 11.1 Å². The number of aromatic nitrogens is 4. The smallest absolute Gasteiger partial charge is 0.264 e. The predicted octanol–water partition coefficient (Wildman–Crippen LogP) is 7.86. The number of pyridine rings is 2. The van der Waals surface area contributed by atoms with Crippen molar-refractivity contribution < 1.29 is 0 Å². The molecular formula is C38H20N4O2. The Morgan fingerprint density at radius 3 is 1.18 bits per heavy atom. The van der Waals surface area contributed by atoms with E-state index in [1.54, 1.807) is 8.80 Å². The van der Waals surface area contributed by atoms with Crippen LogP contribution >= 0.6 is 0 Å². The molecule has 0 N–H and O–H groups in total. The van der Waals surface area contributed by atoms with Crippen molar-refractivity contribution in [3.8, 4) is 0 Å². The molecule has 0 atom stereocenters. The minimum absolute atomic E-state index is 0.0555. The fraction of sp³-hybridized carbons (Fsp3) is 0.0526. The summed E-state index contributed by atoms with van der Waals surface area (Å²) in [6, 6.07) is 28.7. The van der Waals surface area contributed by atoms with Crippen LogP contribution in [0.2, 0.25) is 0 Å². The number of fused-ring (bicyclic) bond motifs is 10. The van der Waals surface area contributed by atoms with E-state index in [9.17, 15) is 9.59 Å². The molecule has 6 nitrogen and oxygen atoms in total. The van der Waals surface area contributed by atoms with Crippen LogP contribution in [0.15, 0.2) is 94.5 Å². The van der Waals surface area contributed by atoms with Gasteiger partial charge in [0.15, 0.2) is 0 Å². The van der Waals surface area contributed by atoms with Crippen molar-refractivity contribution in [3.05, 3.63) is 117 Å². The van der Waals surface area contributed by atoms with E-state index in [-0.39, 0.29) is 11.1 Å². The Labute approximate surface area is 247 Å². The molecule has 0 fully saturated rings. The Bertz CT molecular complexity index is 2990. The van der Waals surface area contributed by atoms with Gasteiger partial charge in [-0.15, -0.1) is 0 Å². The molecule has 0 bridgehead atoms. The third-order valence-electron chi connectivity index (χ3n) is 9.87. The fourth-order valence-corrected chi connectivity index (χ4v) is 8.00. The largest absolute Gasteiger partial charge is 0.268 e. The fourth-order valence-electron chi connectivity index (χ4n) is 8.00. The van der Waals surface area contributed by atoms with Crippen molar-refractivity contribution in [1.82, 2.24) is 18.8 Å². The zero-order chi connectivity index (χ0) is 29.2. The maximum atomic E-state index is 14.1. The lowest BCUT2D eigenvalue weighted by Gasteiger charge is -2.18. The minimum Gasteiger partial charge on any atom is -0.268 e. The number of nitrogens with zero attached hydrogens (tertiary/aromatic N) is 4. The summed E-state index contributed by atoms with van der Waals surface area (Å²) in [5.41, 5.74) is 6.72. The minimum atomic E-state index is -0.0555. The summed E-state index contributed by atoms with van der Waals surface area (Å²) in [6.07, 6.45) is 0. The van der Waals surface area contributed by atoms with E-state index in [1.165, 1.54) is 0 Å². The monoisotopic (exact) mass is 564 g/mol. The van der Waals surface area contributed by atoms with Crippen LogP contribution in [0, 0.1) is 13.8 Å². The molecule has 0 aliphatic heterocycles. The zero-order valence-corrected chi connectivity index (χ0v) is 23.7. The molecule has 0 amide bonds. The van der Waals surface area contributed by atoms with Crippen LogP contribution in [0.3, 0.4) is 0 Å². The van der Waals surface area contributed by atoms with Crippen molar-refractivity contribution in [2.24, 2.45) is 0 Å². The molecular weight excluding hydrogens is 544 g/mol. The van der Waals surface area contributed by atoms with Gasteiger partial charge in [0, 0.05) is 32.3 Å². The number of hydrogen-bond acceptors (Lipinski definition) is 4. The van der Waals surface area contributed by atoms with Crippen LogP contribution in [0.4, 0.5) is 0 Å². The van der Waals surface area contributed by atoms with Crippen LogP contribution in [-0.2, 0) is 0 Å². The molecule has 0 radical (unpaired) electrons. The molecule has 4 heterocycles. The highest BCUT2D eigenvalue weighted by molar-refractivity contribution is 6.40. The van der Waals surface area contributed by atoms with E-state index in [1.807, 2.05) is 62.4 Å². The van der Waals surface area contributed by atoms with Crippen molar-refractivity contribution in [3.63, 3.8) is 0 Å². The molecule has 11 rings (SSSR count). The molecule has 0 aliphatic carbocycles. The van der Waals surface area contributed by atoms with Gasteiger partial charge in [-0.3, -0.25) is 18.4 Å². The number of aryl methyl sites for hydroxylation is 2. The Hall–Kier alpha value is -5.88. The summed E-state index contributed by atoms with van der Waals surface area (Å²) < 4.78 is 3.53. The van der Waals surface area contributed by atoms with Crippen LogP contribution in [0.25, 0.3) is 98.0 Å². The quantitative estimate of drug-likeness (QED) is 0.139. The topological polar surface area (TPSA) is 68.7 Å². The van der Waals surface area contributed by atoms with Crippen LogP contribution in [0.5, 0.6) is 0 Å². The van der Waals surface area contributed by atoms with Crippen molar-refractivity contribution >= 4 is 98.0 Å². The lowest BCUT2D eigenvalue weighted by Crippen LogP contribution is -2.14. The van der Waals surface area contributed by atoms with Crippen LogP contribution in [-0.4, -0.2) is 18.8 Å². The summed E-state index contributed by atoms with van der Waals surface area (Å²) in [5.74, 6) is 0. The molecule has 204 valence electrons. The maximum Gasteiger partial charge on any atom is 0.264 e. The van der Waals surface area contributed by atoms with Crippen LogP contribution in [0.1, 0.15) is 11.1 Å². The standard InChI is InChI=1S/C38H20N4O2/c1-17-3-13-27-29(15-17)41-35(39-27)23-9-5-19-22-8-12-26-34-24(36-40-28-14-4-18(2)16-30(28)42(36)38(26)44)10-6-20(32(22)34)21-7-11-25(37(41)43)33(23)31(19)21/h3-16H,1-2H3. The molecule has 0 spiro atoms. The molecule has 0 unspecified atom stereocenters. The van der Waals surface area contributed by atoms with Crippen LogP contribution < -0.4 is 11.1 Å². The predicted molar refractivity (Wildman–Crippen MR) is 180 cm³/mol. The van der Waals surface area contributed by atoms with Crippen molar-refractivity contribution in [1.29, 1.82) is 0 Å². The first kappa shape index (κ1) is 22.7. The van der Waals surface area contributed by atoms with Gasteiger partial charge in [0.1, 0.15) is 11.3 Å². The molecule has 7 aromatic carbocycles. The molecule has 11 aromatic rings. The van der Waals surface area contributed by atoms with E-state index < -0.39 is 0 Å². The van der Waals surface area contributed by atoms with Gasteiger partial charge in [0.2, 0.25) is 0 Å². The highest BCUT2D eigenvalue weighted by atomic mass is 16.1. The first-order valence-corrected chi connectivity index (χ1v) is 14.8. The molecule has 0 aliphatic rings. The third kappa shape index (κ3) is 2.40. The lowest BCUT2D eigenvalue weighted by atomic mass is 9.86. The van der Waals surface area contributed by atoms with Gasteiger partial charge in [-0.1, -0.05) is 36.4 Å². The van der Waals surface area contributed by atoms with E-state index in [0.29, 0.717) is 22.1 Å². The van der Waals surface area contributed by atoms with Gasteiger partial charge >= 0.3 is 0 Å².